The van der Waals surface area contributed by atoms with Gasteiger partial charge < -0.3 is 15.4 Å². The largest absolute Gasteiger partial charge is 0.573 e. The maximum absolute atomic E-state index is 12.7. The summed E-state index contributed by atoms with van der Waals surface area (Å²) in [6.07, 6.45) is -1.07. The Morgan fingerprint density at radius 3 is 2.23 bits per heavy atom. The molecule has 4 nitrogen and oxygen atoms in total. The highest BCUT2D eigenvalue weighted by atomic mass is 32.1. The van der Waals surface area contributed by atoms with Crippen LogP contribution in [0.5, 0.6) is 5.75 Å². The van der Waals surface area contributed by atoms with E-state index < -0.39 is 6.36 Å². The summed E-state index contributed by atoms with van der Waals surface area (Å²) in [5, 5.41) is 6.05. The highest BCUT2D eigenvalue weighted by molar-refractivity contribution is 7.80. The van der Waals surface area contributed by atoms with Crippen LogP contribution in [0.1, 0.15) is 18.4 Å². The van der Waals surface area contributed by atoms with Gasteiger partial charge in [-0.15, -0.1) is 25.8 Å². The molecule has 0 spiro atoms. The standard InChI is InChI=1S/C14H17FN2O.C7H5F3OS/c15-13-3-1-12(2-4-13)10-17-14(18)9-11-5-7-16-8-6-11;8-7(9,10)11-5-1-3-6(12)4-2-5/h1-4,9,16H,5-8,10H2,(H,17,18);1-4,12H. The maximum atomic E-state index is 12.7. The van der Waals surface area contributed by atoms with Crippen LogP contribution in [-0.4, -0.2) is 25.4 Å². The van der Waals surface area contributed by atoms with Gasteiger partial charge in [0.15, 0.2) is 0 Å². The second kappa shape index (κ2) is 11.6. The molecule has 1 aliphatic heterocycles. The molecule has 3 rings (SSSR count). The second-order valence-corrected chi connectivity index (χ2v) is 6.95. The zero-order valence-corrected chi connectivity index (χ0v) is 16.9. The lowest BCUT2D eigenvalue weighted by molar-refractivity contribution is -0.274. The third-order valence-corrected chi connectivity index (χ3v) is 4.33. The van der Waals surface area contributed by atoms with Crippen LogP contribution in [0, 0.1) is 5.82 Å². The number of halogens is 4. The molecule has 9 heteroatoms. The Balaban J connectivity index is 0.000000232. The number of ether oxygens (including phenoxy) is 1. The lowest BCUT2D eigenvalue weighted by atomic mass is 10.1. The van der Waals surface area contributed by atoms with Crippen molar-refractivity contribution in [3.05, 3.63) is 71.6 Å². The van der Waals surface area contributed by atoms with Crippen LogP contribution in [0.15, 0.2) is 65.1 Å². The number of rotatable bonds is 4. The van der Waals surface area contributed by atoms with E-state index in [2.05, 4.69) is 28.0 Å². The van der Waals surface area contributed by atoms with Crippen molar-refractivity contribution < 1.29 is 27.1 Å². The molecule has 2 aromatic carbocycles. The van der Waals surface area contributed by atoms with Crippen molar-refractivity contribution in [1.82, 2.24) is 10.6 Å². The number of benzene rings is 2. The Bertz CT molecular complexity index is 830. The summed E-state index contributed by atoms with van der Waals surface area (Å²) >= 11 is 3.91. The summed E-state index contributed by atoms with van der Waals surface area (Å²) in [7, 11) is 0. The van der Waals surface area contributed by atoms with Gasteiger partial charge in [0.2, 0.25) is 5.91 Å². The van der Waals surface area contributed by atoms with Crippen LogP contribution in [0.4, 0.5) is 17.6 Å². The average molecular weight is 442 g/mol. The first-order chi connectivity index (χ1) is 14.2. The molecule has 0 radical (unpaired) electrons. The molecular formula is C21H22F4N2O2S. The van der Waals surface area contributed by atoms with Crippen LogP contribution in [0.2, 0.25) is 0 Å². The van der Waals surface area contributed by atoms with Crippen molar-refractivity contribution in [2.24, 2.45) is 0 Å². The second-order valence-electron chi connectivity index (χ2n) is 6.44. The molecule has 0 atom stereocenters. The van der Waals surface area contributed by atoms with E-state index in [1.165, 1.54) is 42.0 Å². The minimum absolute atomic E-state index is 0.0729. The van der Waals surface area contributed by atoms with Gasteiger partial charge in [-0.05, 0) is 67.9 Å². The predicted molar refractivity (Wildman–Crippen MR) is 109 cm³/mol. The van der Waals surface area contributed by atoms with Gasteiger partial charge in [-0.2, -0.15) is 0 Å². The molecule has 0 unspecified atom stereocenters. The van der Waals surface area contributed by atoms with Crippen molar-refractivity contribution in [2.45, 2.75) is 30.6 Å². The average Bonchev–Trinajstić information content (AvgIpc) is 2.70. The van der Waals surface area contributed by atoms with Gasteiger partial charge in [0, 0.05) is 17.5 Å². The normalized spacial score (nSPS) is 13.7. The number of thiol groups is 1. The Morgan fingerprint density at radius 1 is 1.07 bits per heavy atom. The molecule has 2 N–H and O–H groups in total. The molecule has 30 heavy (non-hydrogen) atoms. The fourth-order valence-corrected chi connectivity index (χ4v) is 2.72. The predicted octanol–water partition coefficient (Wildman–Crippen LogP) is 4.63. The van der Waals surface area contributed by atoms with E-state index in [1.54, 1.807) is 18.2 Å². The molecule has 1 saturated heterocycles. The highest BCUT2D eigenvalue weighted by Crippen LogP contribution is 2.23. The van der Waals surface area contributed by atoms with E-state index in [1.807, 2.05) is 0 Å². The van der Waals surface area contributed by atoms with Crippen LogP contribution in [-0.2, 0) is 11.3 Å². The van der Waals surface area contributed by atoms with Crippen LogP contribution in [0.25, 0.3) is 0 Å². The number of piperidine rings is 1. The van der Waals surface area contributed by atoms with Crippen LogP contribution >= 0.6 is 12.6 Å². The summed E-state index contributed by atoms with van der Waals surface area (Å²) < 4.78 is 51.1. The van der Waals surface area contributed by atoms with Crippen molar-refractivity contribution in [1.29, 1.82) is 0 Å². The third kappa shape index (κ3) is 9.80. The summed E-state index contributed by atoms with van der Waals surface area (Å²) in [5.74, 6) is -0.571. The number of alkyl halides is 3. The topological polar surface area (TPSA) is 50.4 Å². The van der Waals surface area contributed by atoms with Crippen LogP contribution < -0.4 is 15.4 Å². The van der Waals surface area contributed by atoms with E-state index >= 15 is 0 Å². The van der Waals surface area contributed by atoms with Gasteiger partial charge >= 0.3 is 6.36 Å². The molecule has 2 aromatic rings. The Kier molecular flexibility index (Phi) is 9.19. The lowest BCUT2D eigenvalue weighted by Gasteiger charge is -2.14. The molecule has 0 saturated carbocycles. The van der Waals surface area contributed by atoms with Gasteiger partial charge in [-0.1, -0.05) is 17.7 Å². The van der Waals surface area contributed by atoms with Gasteiger partial charge in [0.1, 0.15) is 11.6 Å². The summed E-state index contributed by atoms with van der Waals surface area (Å²) in [4.78, 5) is 12.3. The fraction of sp³-hybridized carbons (Fsp3) is 0.286. The van der Waals surface area contributed by atoms with Gasteiger partial charge in [-0.3, -0.25) is 4.79 Å². The van der Waals surface area contributed by atoms with Gasteiger partial charge in [0.05, 0.1) is 0 Å². The van der Waals surface area contributed by atoms with Gasteiger partial charge in [-0.25, -0.2) is 4.39 Å². The summed E-state index contributed by atoms with van der Waals surface area (Å²) in [6.45, 7) is 2.31. The van der Waals surface area contributed by atoms with Crippen molar-refractivity contribution in [2.75, 3.05) is 13.1 Å². The molecule has 1 heterocycles. The first-order valence-corrected chi connectivity index (χ1v) is 9.63. The quantitative estimate of drug-likeness (QED) is 0.368. The Morgan fingerprint density at radius 2 is 1.67 bits per heavy atom. The molecule has 0 aromatic heterocycles. The minimum Gasteiger partial charge on any atom is -0.406 e. The zero-order valence-electron chi connectivity index (χ0n) is 16.0. The number of hydrogen-bond acceptors (Lipinski definition) is 4. The molecule has 162 valence electrons. The minimum atomic E-state index is -4.63. The number of amides is 1. The molecule has 0 aliphatic carbocycles. The Labute approximate surface area is 177 Å². The van der Waals surface area contributed by atoms with Crippen LogP contribution in [0.3, 0.4) is 0 Å². The Hall–Kier alpha value is -2.52. The SMILES string of the molecule is FC(F)(F)Oc1ccc(S)cc1.O=C(C=C1CCNCC1)NCc1ccc(F)cc1. The number of carbonyl (C=O) groups excluding carboxylic acids is 1. The maximum Gasteiger partial charge on any atom is 0.573 e. The van der Waals surface area contributed by atoms with Crippen molar-refractivity contribution in [3.8, 4) is 5.75 Å². The molecular weight excluding hydrogens is 420 g/mol. The van der Waals surface area contributed by atoms with E-state index in [9.17, 15) is 22.4 Å². The van der Waals surface area contributed by atoms with Gasteiger partial charge in [0.25, 0.3) is 0 Å². The smallest absolute Gasteiger partial charge is 0.406 e. The number of nitrogens with one attached hydrogen (secondary N) is 2. The van der Waals surface area contributed by atoms with Crippen molar-refractivity contribution in [3.63, 3.8) is 0 Å². The van der Waals surface area contributed by atoms with E-state index in [0.717, 1.165) is 31.5 Å². The van der Waals surface area contributed by atoms with E-state index in [0.29, 0.717) is 11.4 Å². The monoisotopic (exact) mass is 442 g/mol. The summed E-state index contributed by atoms with van der Waals surface area (Å²) in [6, 6.07) is 11.4. The first kappa shape index (κ1) is 23.8. The van der Waals surface area contributed by atoms with E-state index in [4.69, 9.17) is 0 Å². The molecule has 1 amide bonds. The fourth-order valence-electron chi connectivity index (χ4n) is 2.57. The van der Waals surface area contributed by atoms with Crippen molar-refractivity contribution >= 4 is 18.5 Å². The first-order valence-electron chi connectivity index (χ1n) is 9.18. The van der Waals surface area contributed by atoms with E-state index in [-0.39, 0.29) is 17.5 Å². The number of hydrogen-bond donors (Lipinski definition) is 3. The third-order valence-electron chi connectivity index (χ3n) is 4.03. The zero-order chi connectivity index (χ0) is 22.0. The summed E-state index contributed by atoms with van der Waals surface area (Å²) in [5.41, 5.74) is 2.08. The molecule has 1 fully saturated rings. The number of carbonyl (C=O) groups is 1. The lowest BCUT2D eigenvalue weighted by Crippen LogP contribution is -2.25. The molecule has 0 bridgehead atoms. The highest BCUT2D eigenvalue weighted by Gasteiger charge is 2.30. The molecule has 1 aliphatic rings.